The number of imidazole rings is 1. The molecule has 0 radical (unpaired) electrons. The van der Waals surface area contributed by atoms with Gasteiger partial charge < -0.3 is 9.67 Å². The van der Waals surface area contributed by atoms with Crippen molar-refractivity contribution in [2.24, 2.45) is 5.41 Å². The first-order valence-corrected chi connectivity index (χ1v) is 7.71. The minimum absolute atomic E-state index is 0.0376. The molecule has 0 aliphatic rings. The van der Waals surface area contributed by atoms with E-state index in [9.17, 15) is 4.79 Å². The van der Waals surface area contributed by atoms with Gasteiger partial charge in [0.2, 0.25) is 0 Å². The fraction of sp³-hybridized carbons (Fsp3) is 0.467. The normalized spacial score (nSPS) is 11.9. The second-order valence-corrected chi connectivity index (χ2v) is 6.61. The number of hydrogen-bond acceptors (Lipinski definition) is 3. The van der Waals surface area contributed by atoms with E-state index in [0.717, 1.165) is 29.2 Å². The van der Waals surface area contributed by atoms with Crippen LogP contribution in [-0.2, 0) is 11.3 Å². The van der Waals surface area contributed by atoms with Crippen molar-refractivity contribution >= 4 is 28.8 Å². The van der Waals surface area contributed by atoms with Gasteiger partial charge in [0, 0.05) is 6.54 Å². The summed E-state index contributed by atoms with van der Waals surface area (Å²) in [5, 5.41) is 9.65. The molecule has 1 aromatic carbocycles. The number of carboxylic acids is 1. The Morgan fingerprint density at radius 3 is 2.75 bits per heavy atom. The molecule has 0 spiro atoms. The van der Waals surface area contributed by atoms with E-state index in [1.807, 2.05) is 24.3 Å². The Bertz CT molecular complexity index is 619. The second kappa shape index (κ2) is 5.87. The molecular formula is C15H20N2O2S. The van der Waals surface area contributed by atoms with Crippen molar-refractivity contribution in [2.75, 3.05) is 5.75 Å². The molecule has 0 unspecified atom stereocenters. The molecule has 0 bridgehead atoms. The zero-order valence-corrected chi connectivity index (χ0v) is 12.9. The lowest BCUT2D eigenvalue weighted by molar-refractivity contribution is -0.133. The van der Waals surface area contributed by atoms with E-state index >= 15 is 0 Å². The van der Waals surface area contributed by atoms with Crippen molar-refractivity contribution < 1.29 is 9.90 Å². The van der Waals surface area contributed by atoms with Crippen LogP contribution in [0, 0.1) is 5.41 Å². The van der Waals surface area contributed by atoms with Crippen molar-refractivity contribution in [1.82, 2.24) is 9.55 Å². The van der Waals surface area contributed by atoms with Crippen LogP contribution in [0.15, 0.2) is 29.4 Å². The van der Waals surface area contributed by atoms with E-state index in [1.54, 1.807) is 0 Å². The van der Waals surface area contributed by atoms with Crippen molar-refractivity contribution in [3.63, 3.8) is 0 Å². The Kier molecular flexibility index (Phi) is 4.38. The van der Waals surface area contributed by atoms with Crippen LogP contribution in [0.1, 0.15) is 27.2 Å². The van der Waals surface area contributed by atoms with Gasteiger partial charge in [-0.2, -0.15) is 0 Å². The molecule has 2 aromatic rings. The Hall–Kier alpha value is -1.49. The molecule has 0 fully saturated rings. The summed E-state index contributed by atoms with van der Waals surface area (Å²) in [5.74, 6) is -0.779. The molecule has 5 heteroatoms. The van der Waals surface area contributed by atoms with Crippen LogP contribution < -0.4 is 0 Å². The second-order valence-electron chi connectivity index (χ2n) is 5.67. The van der Waals surface area contributed by atoms with Crippen LogP contribution in [0.3, 0.4) is 0 Å². The fourth-order valence-electron chi connectivity index (χ4n) is 1.98. The summed E-state index contributed by atoms with van der Waals surface area (Å²) in [6.45, 7) is 7.44. The molecular weight excluding hydrogens is 272 g/mol. The summed E-state index contributed by atoms with van der Waals surface area (Å²) in [7, 11) is 0. The smallest absolute Gasteiger partial charge is 0.313 e. The zero-order valence-electron chi connectivity index (χ0n) is 12.1. The third-order valence-corrected chi connectivity index (χ3v) is 4.45. The molecule has 108 valence electrons. The van der Waals surface area contributed by atoms with Crippen LogP contribution in [0.4, 0.5) is 0 Å². The number of nitrogens with zero attached hydrogens (tertiary/aromatic N) is 2. The molecule has 0 aliphatic heterocycles. The van der Waals surface area contributed by atoms with Crippen LogP contribution in [0.5, 0.6) is 0 Å². The van der Waals surface area contributed by atoms with Gasteiger partial charge in [0.05, 0.1) is 16.8 Å². The van der Waals surface area contributed by atoms with Gasteiger partial charge >= 0.3 is 5.97 Å². The molecule has 0 aliphatic carbocycles. The molecule has 0 atom stereocenters. The third-order valence-electron chi connectivity index (χ3n) is 3.49. The number of fused-ring (bicyclic) bond motifs is 1. The minimum Gasteiger partial charge on any atom is -0.481 e. The first kappa shape index (κ1) is 14.9. The van der Waals surface area contributed by atoms with E-state index in [2.05, 4.69) is 30.3 Å². The molecule has 1 aromatic heterocycles. The molecule has 0 saturated carbocycles. The average Bonchev–Trinajstić information content (AvgIpc) is 2.74. The Labute approximate surface area is 123 Å². The van der Waals surface area contributed by atoms with Crippen LogP contribution in [-0.4, -0.2) is 26.4 Å². The Morgan fingerprint density at radius 2 is 2.10 bits per heavy atom. The number of aliphatic carboxylic acids is 1. The fourth-order valence-corrected chi connectivity index (χ4v) is 2.72. The highest BCUT2D eigenvalue weighted by Crippen LogP contribution is 2.30. The standard InChI is InChI=1S/C15H20N2O2S/c1-4-15(2,3)10-17-12-8-6-5-7-11(12)16-14(17)20-9-13(18)19/h5-8H,4,9-10H2,1-3H3,(H,18,19). The number of carbonyl (C=O) groups is 1. The van der Waals surface area contributed by atoms with Gasteiger partial charge in [0.1, 0.15) is 0 Å². The van der Waals surface area contributed by atoms with Crippen LogP contribution in [0.25, 0.3) is 11.0 Å². The zero-order chi connectivity index (χ0) is 14.8. The maximum Gasteiger partial charge on any atom is 0.313 e. The summed E-state index contributed by atoms with van der Waals surface area (Å²) in [4.78, 5) is 15.3. The van der Waals surface area contributed by atoms with Gasteiger partial charge in [-0.15, -0.1) is 0 Å². The summed E-state index contributed by atoms with van der Waals surface area (Å²) >= 11 is 1.28. The van der Waals surface area contributed by atoms with Gasteiger partial charge in [-0.1, -0.05) is 44.7 Å². The average molecular weight is 292 g/mol. The minimum atomic E-state index is -0.816. The Morgan fingerprint density at radius 1 is 1.40 bits per heavy atom. The van der Waals surface area contributed by atoms with Crippen molar-refractivity contribution in [3.05, 3.63) is 24.3 Å². The first-order valence-electron chi connectivity index (χ1n) is 6.73. The quantitative estimate of drug-likeness (QED) is 0.826. The first-order chi connectivity index (χ1) is 9.43. The maximum atomic E-state index is 10.8. The molecule has 20 heavy (non-hydrogen) atoms. The SMILES string of the molecule is CCC(C)(C)Cn1c(SCC(=O)O)nc2ccccc21. The third kappa shape index (κ3) is 3.33. The van der Waals surface area contributed by atoms with E-state index < -0.39 is 5.97 Å². The summed E-state index contributed by atoms with van der Waals surface area (Å²) in [6.07, 6.45) is 1.06. The van der Waals surface area contributed by atoms with E-state index in [1.165, 1.54) is 11.8 Å². The lowest BCUT2D eigenvalue weighted by Crippen LogP contribution is -2.19. The predicted molar refractivity (Wildman–Crippen MR) is 82.2 cm³/mol. The van der Waals surface area contributed by atoms with Gasteiger partial charge in [0.15, 0.2) is 5.16 Å². The monoisotopic (exact) mass is 292 g/mol. The van der Waals surface area contributed by atoms with Crippen molar-refractivity contribution in [1.29, 1.82) is 0 Å². The predicted octanol–water partition coefficient (Wildman–Crippen LogP) is 3.65. The molecule has 1 heterocycles. The van der Waals surface area contributed by atoms with Gasteiger partial charge in [-0.05, 0) is 24.0 Å². The highest BCUT2D eigenvalue weighted by atomic mass is 32.2. The number of aromatic nitrogens is 2. The molecule has 4 nitrogen and oxygen atoms in total. The highest BCUT2D eigenvalue weighted by Gasteiger charge is 2.20. The largest absolute Gasteiger partial charge is 0.481 e. The topological polar surface area (TPSA) is 55.1 Å². The molecule has 0 amide bonds. The number of thioether (sulfide) groups is 1. The van der Waals surface area contributed by atoms with Gasteiger partial charge in [-0.3, -0.25) is 4.79 Å². The highest BCUT2D eigenvalue weighted by molar-refractivity contribution is 7.99. The van der Waals surface area contributed by atoms with Gasteiger partial charge in [0.25, 0.3) is 0 Å². The molecule has 1 N–H and O–H groups in total. The number of rotatable bonds is 6. The lowest BCUT2D eigenvalue weighted by Gasteiger charge is -2.24. The molecule has 2 rings (SSSR count). The molecule has 0 saturated heterocycles. The lowest BCUT2D eigenvalue weighted by atomic mass is 9.90. The number of benzene rings is 1. The number of para-hydroxylation sites is 2. The maximum absolute atomic E-state index is 10.8. The van der Waals surface area contributed by atoms with Gasteiger partial charge in [-0.25, -0.2) is 4.98 Å². The van der Waals surface area contributed by atoms with E-state index in [4.69, 9.17) is 5.11 Å². The van der Waals surface area contributed by atoms with Crippen LogP contribution in [0.2, 0.25) is 0 Å². The van der Waals surface area contributed by atoms with E-state index in [-0.39, 0.29) is 11.2 Å². The number of hydrogen-bond donors (Lipinski definition) is 1. The summed E-state index contributed by atoms with van der Waals surface area (Å²) < 4.78 is 2.15. The van der Waals surface area contributed by atoms with E-state index in [0.29, 0.717) is 0 Å². The van der Waals surface area contributed by atoms with Crippen molar-refractivity contribution in [2.45, 2.75) is 38.9 Å². The van der Waals surface area contributed by atoms with Crippen LogP contribution >= 0.6 is 11.8 Å². The van der Waals surface area contributed by atoms with Crippen molar-refractivity contribution in [3.8, 4) is 0 Å². The Balaban J connectivity index is 2.41. The summed E-state index contributed by atoms with van der Waals surface area (Å²) in [6, 6.07) is 7.95. The number of carboxylic acid groups (broad SMARTS) is 1. The summed E-state index contributed by atoms with van der Waals surface area (Å²) in [5.41, 5.74) is 2.15.